The lowest BCUT2D eigenvalue weighted by Gasteiger charge is -2.29. The fourth-order valence-electron chi connectivity index (χ4n) is 4.36. The van der Waals surface area contributed by atoms with Crippen molar-refractivity contribution in [1.82, 2.24) is 4.90 Å². The lowest BCUT2D eigenvalue weighted by molar-refractivity contribution is 0.0967. The summed E-state index contributed by atoms with van der Waals surface area (Å²) in [6.07, 6.45) is 0.869. The van der Waals surface area contributed by atoms with E-state index in [1.807, 2.05) is 43.3 Å². The van der Waals surface area contributed by atoms with Crippen LogP contribution in [0.15, 0.2) is 69.9 Å². The van der Waals surface area contributed by atoms with Crippen LogP contribution in [-0.4, -0.2) is 31.9 Å². The van der Waals surface area contributed by atoms with Gasteiger partial charge in [0.1, 0.15) is 29.6 Å². The van der Waals surface area contributed by atoms with Crippen molar-refractivity contribution in [2.45, 2.75) is 26.8 Å². The van der Waals surface area contributed by atoms with E-state index in [1.54, 1.807) is 26.2 Å². The smallest absolute Gasteiger partial charge is 0.235 e. The van der Waals surface area contributed by atoms with Gasteiger partial charge in [-0.15, -0.1) is 0 Å². The summed E-state index contributed by atoms with van der Waals surface area (Å²) in [6, 6.07) is 18.9. The molecule has 4 aromatic rings. The number of benzene rings is 3. The minimum absolute atomic E-state index is 0.155. The van der Waals surface area contributed by atoms with E-state index >= 15 is 0 Å². The van der Waals surface area contributed by atoms with Crippen molar-refractivity contribution < 1.29 is 23.4 Å². The quantitative estimate of drug-likeness (QED) is 0.316. The zero-order valence-corrected chi connectivity index (χ0v) is 20.7. The predicted octanol–water partition coefficient (Wildman–Crippen LogP) is 5.70. The Morgan fingerprint density at radius 2 is 1.78 bits per heavy atom. The van der Waals surface area contributed by atoms with Crippen molar-refractivity contribution in [3.05, 3.63) is 87.8 Å². The van der Waals surface area contributed by atoms with Gasteiger partial charge in [0.15, 0.2) is 11.5 Å². The molecular formula is C29H29NO6. The second-order valence-electron chi connectivity index (χ2n) is 8.64. The lowest BCUT2D eigenvalue weighted by atomic mass is 10.1. The molecule has 0 saturated carbocycles. The molecule has 7 heteroatoms. The molecule has 36 heavy (non-hydrogen) atoms. The van der Waals surface area contributed by atoms with E-state index in [0.717, 1.165) is 30.0 Å². The molecule has 2 heterocycles. The molecule has 0 atom stereocenters. The van der Waals surface area contributed by atoms with Crippen molar-refractivity contribution in [3.63, 3.8) is 0 Å². The van der Waals surface area contributed by atoms with Crippen molar-refractivity contribution in [2.75, 3.05) is 27.0 Å². The zero-order chi connectivity index (χ0) is 25.1. The number of para-hydroxylation sites is 2. The summed E-state index contributed by atoms with van der Waals surface area (Å²) in [7, 11) is 1.66. The van der Waals surface area contributed by atoms with Crippen LogP contribution in [0, 0.1) is 6.92 Å². The van der Waals surface area contributed by atoms with Crippen LogP contribution in [0.3, 0.4) is 0 Å². The third kappa shape index (κ3) is 4.75. The Balaban J connectivity index is 1.41. The van der Waals surface area contributed by atoms with Crippen LogP contribution >= 0.6 is 0 Å². The van der Waals surface area contributed by atoms with Gasteiger partial charge in [-0.25, -0.2) is 0 Å². The Morgan fingerprint density at radius 3 is 2.53 bits per heavy atom. The fraction of sp³-hybridized carbons (Fsp3) is 0.276. The Bertz CT molecular complexity index is 1430. The number of hydrogen-bond acceptors (Lipinski definition) is 7. The SMILES string of the molecule is CCOc1ccccc1Oc1c(C)oc2c3c(ccc2c1=O)OCN(CCc1ccc(OC)cc1)C3. The highest BCUT2D eigenvalue weighted by Crippen LogP contribution is 2.36. The molecule has 0 unspecified atom stereocenters. The fourth-order valence-corrected chi connectivity index (χ4v) is 4.36. The molecule has 7 nitrogen and oxygen atoms in total. The Morgan fingerprint density at radius 1 is 1.00 bits per heavy atom. The van der Waals surface area contributed by atoms with Crippen molar-refractivity contribution in [2.24, 2.45) is 0 Å². The predicted molar refractivity (Wildman–Crippen MR) is 138 cm³/mol. The van der Waals surface area contributed by atoms with Crippen LogP contribution in [0.1, 0.15) is 23.8 Å². The van der Waals surface area contributed by atoms with Gasteiger partial charge in [0, 0.05) is 13.1 Å². The Kier molecular flexibility index (Phi) is 6.82. The van der Waals surface area contributed by atoms with E-state index < -0.39 is 0 Å². The summed E-state index contributed by atoms with van der Waals surface area (Å²) >= 11 is 0. The van der Waals surface area contributed by atoms with Gasteiger partial charge >= 0.3 is 0 Å². The van der Waals surface area contributed by atoms with Gasteiger partial charge in [-0.05, 0) is 62.2 Å². The maximum atomic E-state index is 13.5. The summed E-state index contributed by atoms with van der Waals surface area (Å²) in [5.74, 6) is 3.19. The standard InChI is InChI=1S/C29H29NO6/c1-4-33-25-7-5-6-8-26(25)36-28-19(2)35-29-22(27(28)31)13-14-24-23(29)17-30(18-34-24)16-15-20-9-11-21(32-3)12-10-20/h5-14H,4,15-18H2,1-3H3. The molecule has 0 spiro atoms. The first kappa shape index (κ1) is 23.8. The van der Waals surface area contributed by atoms with Gasteiger partial charge in [0.2, 0.25) is 11.2 Å². The van der Waals surface area contributed by atoms with E-state index in [2.05, 4.69) is 17.0 Å². The number of aryl methyl sites for hydroxylation is 1. The van der Waals surface area contributed by atoms with Gasteiger partial charge in [0.25, 0.3) is 0 Å². The van der Waals surface area contributed by atoms with E-state index in [0.29, 0.717) is 48.1 Å². The first-order chi connectivity index (χ1) is 17.6. The molecule has 0 saturated heterocycles. The van der Waals surface area contributed by atoms with E-state index in [1.165, 1.54) is 5.56 Å². The molecule has 186 valence electrons. The van der Waals surface area contributed by atoms with Crippen molar-refractivity contribution in [3.8, 4) is 28.7 Å². The third-order valence-corrected chi connectivity index (χ3v) is 6.26. The minimum Gasteiger partial charge on any atom is -0.497 e. The van der Waals surface area contributed by atoms with Gasteiger partial charge in [0.05, 0.1) is 24.7 Å². The number of ether oxygens (including phenoxy) is 4. The van der Waals surface area contributed by atoms with Crippen LogP contribution in [0.4, 0.5) is 0 Å². The van der Waals surface area contributed by atoms with E-state index in [9.17, 15) is 4.79 Å². The molecule has 5 rings (SSSR count). The summed E-state index contributed by atoms with van der Waals surface area (Å²) in [5.41, 5.74) is 2.40. The molecule has 0 N–H and O–H groups in total. The Hall–Kier alpha value is -3.97. The number of nitrogens with zero attached hydrogens (tertiary/aromatic N) is 1. The highest BCUT2D eigenvalue weighted by Gasteiger charge is 2.24. The number of rotatable bonds is 8. The van der Waals surface area contributed by atoms with Gasteiger partial charge in [-0.3, -0.25) is 9.69 Å². The normalized spacial score (nSPS) is 13.2. The number of fused-ring (bicyclic) bond motifs is 3. The first-order valence-electron chi connectivity index (χ1n) is 12.0. The average molecular weight is 488 g/mol. The molecular weight excluding hydrogens is 458 g/mol. The van der Waals surface area contributed by atoms with Gasteiger partial charge < -0.3 is 23.4 Å². The van der Waals surface area contributed by atoms with Crippen LogP contribution < -0.4 is 24.4 Å². The highest BCUT2D eigenvalue weighted by molar-refractivity contribution is 5.83. The van der Waals surface area contributed by atoms with Crippen LogP contribution in [-0.2, 0) is 13.0 Å². The highest BCUT2D eigenvalue weighted by atomic mass is 16.5. The minimum atomic E-state index is -0.224. The molecule has 0 bridgehead atoms. The summed E-state index contributed by atoms with van der Waals surface area (Å²) in [5, 5.41) is 0.462. The molecule has 0 radical (unpaired) electrons. The maximum absolute atomic E-state index is 13.5. The zero-order valence-electron chi connectivity index (χ0n) is 20.7. The summed E-state index contributed by atoms with van der Waals surface area (Å²) in [4.78, 5) is 15.7. The van der Waals surface area contributed by atoms with Crippen LogP contribution in [0.2, 0.25) is 0 Å². The molecule has 3 aromatic carbocycles. The molecule has 1 aliphatic rings. The topological polar surface area (TPSA) is 70.4 Å². The van der Waals surface area contributed by atoms with Crippen molar-refractivity contribution >= 4 is 11.0 Å². The molecule has 0 fully saturated rings. The number of methoxy groups -OCH3 is 1. The third-order valence-electron chi connectivity index (χ3n) is 6.26. The molecule has 1 aliphatic heterocycles. The second kappa shape index (κ2) is 10.3. The largest absolute Gasteiger partial charge is 0.497 e. The van der Waals surface area contributed by atoms with Gasteiger partial charge in [-0.2, -0.15) is 0 Å². The molecule has 0 aliphatic carbocycles. The van der Waals surface area contributed by atoms with E-state index in [-0.39, 0.29) is 11.2 Å². The van der Waals surface area contributed by atoms with Crippen LogP contribution in [0.25, 0.3) is 11.0 Å². The second-order valence-corrected chi connectivity index (χ2v) is 8.64. The van der Waals surface area contributed by atoms with E-state index in [4.69, 9.17) is 23.4 Å². The van der Waals surface area contributed by atoms with Gasteiger partial charge in [-0.1, -0.05) is 24.3 Å². The van der Waals surface area contributed by atoms with Crippen molar-refractivity contribution in [1.29, 1.82) is 0 Å². The van der Waals surface area contributed by atoms with Crippen LogP contribution in [0.5, 0.6) is 28.7 Å². The maximum Gasteiger partial charge on any atom is 0.235 e. The summed E-state index contributed by atoms with van der Waals surface area (Å²) < 4.78 is 29.1. The number of hydrogen-bond donors (Lipinski definition) is 0. The first-order valence-corrected chi connectivity index (χ1v) is 12.0. The molecule has 1 aromatic heterocycles. The Labute approximate surface area is 209 Å². The lowest BCUT2D eigenvalue weighted by Crippen LogP contribution is -2.33. The monoisotopic (exact) mass is 487 g/mol. The molecule has 0 amide bonds. The summed E-state index contributed by atoms with van der Waals surface area (Å²) in [6.45, 7) is 6.04. The average Bonchev–Trinajstić information content (AvgIpc) is 2.91.